The lowest BCUT2D eigenvalue weighted by molar-refractivity contribution is -0.129. The molecular formula is C24H18O2. The molecule has 0 unspecified atom stereocenters. The Hall–Kier alpha value is -3.39. The highest BCUT2D eigenvalue weighted by molar-refractivity contribution is 6.16. The topological polar surface area (TPSA) is 26.3 Å². The summed E-state index contributed by atoms with van der Waals surface area (Å²) in [5.74, 6) is 0.133. The Morgan fingerprint density at radius 3 is 2.15 bits per heavy atom. The second-order valence-corrected chi connectivity index (χ2v) is 6.36. The van der Waals surface area contributed by atoms with Gasteiger partial charge in [0.15, 0.2) is 0 Å². The van der Waals surface area contributed by atoms with Gasteiger partial charge in [-0.15, -0.1) is 0 Å². The molecule has 0 aliphatic heterocycles. The van der Waals surface area contributed by atoms with Gasteiger partial charge in [0.1, 0.15) is 5.75 Å². The molecule has 0 N–H and O–H groups in total. The van der Waals surface area contributed by atoms with E-state index in [9.17, 15) is 4.79 Å². The van der Waals surface area contributed by atoms with Crippen molar-refractivity contribution in [3.8, 4) is 16.9 Å². The van der Waals surface area contributed by atoms with Gasteiger partial charge in [-0.05, 0) is 52.4 Å². The number of hydrogen-bond acceptors (Lipinski definition) is 2. The normalized spacial score (nSPS) is 10.8. The van der Waals surface area contributed by atoms with E-state index in [1.807, 2.05) is 48.5 Å². The fourth-order valence-electron chi connectivity index (χ4n) is 3.23. The monoisotopic (exact) mass is 338 g/mol. The molecular weight excluding hydrogens is 320 g/mol. The number of hydrogen-bond donors (Lipinski definition) is 0. The third-order valence-electron chi connectivity index (χ3n) is 4.48. The van der Waals surface area contributed by atoms with Crippen molar-refractivity contribution in [2.45, 2.75) is 6.92 Å². The van der Waals surface area contributed by atoms with Gasteiger partial charge >= 0.3 is 5.97 Å². The molecule has 0 radical (unpaired) electrons. The summed E-state index contributed by atoms with van der Waals surface area (Å²) < 4.78 is 5.60. The Balaban J connectivity index is 2.05. The smallest absolute Gasteiger partial charge is 0.338 e. The van der Waals surface area contributed by atoms with E-state index >= 15 is 0 Å². The first-order chi connectivity index (χ1) is 12.6. The number of carbonyl (C=O) groups excluding carboxylic acids is 1. The molecule has 2 nitrogen and oxygen atoms in total. The minimum atomic E-state index is -0.413. The lowest BCUT2D eigenvalue weighted by Gasteiger charge is -2.04. The molecule has 0 amide bonds. The Morgan fingerprint density at radius 2 is 1.38 bits per heavy atom. The Labute approximate surface area is 152 Å². The zero-order valence-electron chi connectivity index (χ0n) is 14.5. The maximum absolute atomic E-state index is 12.1. The average Bonchev–Trinajstić information content (AvgIpc) is 3.07. The summed E-state index contributed by atoms with van der Waals surface area (Å²) in [5, 5.41) is 4.35. The van der Waals surface area contributed by atoms with Gasteiger partial charge < -0.3 is 4.74 Å². The van der Waals surface area contributed by atoms with Crippen LogP contribution in [-0.2, 0) is 4.79 Å². The van der Waals surface area contributed by atoms with Crippen LogP contribution in [0.1, 0.15) is 6.92 Å². The van der Waals surface area contributed by atoms with Crippen molar-refractivity contribution in [2.75, 3.05) is 0 Å². The largest absolute Gasteiger partial charge is 0.423 e. The molecule has 0 saturated carbocycles. The fraction of sp³-hybridized carbons (Fsp3) is 0.0417. The minimum Gasteiger partial charge on any atom is -0.423 e. The molecule has 26 heavy (non-hydrogen) atoms. The van der Waals surface area contributed by atoms with Crippen LogP contribution in [-0.4, -0.2) is 5.97 Å². The highest BCUT2D eigenvalue weighted by Gasteiger charge is 2.17. The number of carbonyl (C=O) groups is 1. The van der Waals surface area contributed by atoms with Crippen LogP contribution < -0.4 is 4.74 Å². The molecule has 2 heteroatoms. The molecule has 0 heterocycles. The van der Waals surface area contributed by atoms with E-state index in [0.717, 1.165) is 21.9 Å². The van der Waals surface area contributed by atoms with Crippen molar-refractivity contribution in [3.63, 3.8) is 0 Å². The Bertz CT molecular complexity index is 1160. The van der Waals surface area contributed by atoms with Gasteiger partial charge in [-0.3, -0.25) is 0 Å². The van der Waals surface area contributed by atoms with Crippen molar-refractivity contribution in [1.82, 2.24) is 0 Å². The maximum atomic E-state index is 12.1. The fourth-order valence-corrected chi connectivity index (χ4v) is 3.23. The molecule has 0 aromatic heterocycles. The standard InChI is InChI=1S/C24H18O2/c1-16(2)24(25)26-23-13-9-5-8-12-19-20-14-17-10-6-3-4-7-11-18(17)21(20)15-22(19)23/h3-15H,1H2,2H3. The van der Waals surface area contributed by atoms with Crippen molar-refractivity contribution in [3.05, 3.63) is 91.0 Å². The van der Waals surface area contributed by atoms with Gasteiger partial charge in [-0.1, -0.05) is 67.2 Å². The van der Waals surface area contributed by atoms with Crippen molar-refractivity contribution in [1.29, 1.82) is 0 Å². The molecule has 0 saturated heterocycles. The van der Waals surface area contributed by atoms with E-state index in [2.05, 4.69) is 36.9 Å². The summed E-state index contributed by atoms with van der Waals surface area (Å²) in [7, 11) is 0. The molecule has 2 aliphatic carbocycles. The molecule has 2 aromatic carbocycles. The predicted molar refractivity (Wildman–Crippen MR) is 107 cm³/mol. The van der Waals surface area contributed by atoms with Gasteiger partial charge in [0, 0.05) is 11.0 Å². The van der Waals surface area contributed by atoms with Crippen molar-refractivity contribution < 1.29 is 9.53 Å². The number of ether oxygens (including phenoxy) is 1. The van der Waals surface area contributed by atoms with Gasteiger partial charge in [0.25, 0.3) is 0 Å². The lowest BCUT2D eigenvalue weighted by atomic mass is 10.1. The predicted octanol–water partition coefficient (Wildman–Crippen LogP) is 6.14. The van der Waals surface area contributed by atoms with Crippen LogP contribution in [0.3, 0.4) is 0 Å². The van der Waals surface area contributed by atoms with Gasteiger partial charge in [0.2, 0.25) is 0 Å². The van der Waals surface area contributed by atoms with Gasteiger partial charge in [-0.25, -0.2) is 4.79 Å². The van der Waals surface area contributed by atoms with Crippen LogP contribution in [0.4, 0.5) is 0 Å². The molecule has 126 valence electrons. The second kappa shape index (κ2) is 6.49. The van der Waals surface area contributed by atoms with E-state index in [1.165, 1.54) is 10.8 Å². The first-order valence-electron chi connectivity index (χ1n) is 8.53. The first kappa shape index (κ1) is 16.1. The maximum Gasteiger partial charge on any atom is 0.338 e. The summed E-state index contributed by atoms with van der Waals surface area (Å²) in [5.41, 5.74) is 2.69. The highest BCUT2D eigenvalue weighted by Crippen LogP contribution is 2.43. The molecule has 0 spiro atoms. The molecule has 4 rings (SSSR count). The molecule has 0 bridgehead atoms. The van der Waals surface area contributed by atoms with Crippen LogP contribution in [0.5, 0.6) is 5.75 Å². The quantitative estimate of drug-likeness (QED) is 0.324. The zero-order chi connectivity index (χ0) is 18.1. The molecule has 0 atom stereocenters. The third kappa shape index (κ3) is 2.76. The van der Waals surface area contributed by atoms with E-state index in [-0.39, 0.29) is 0 Å². The second-order valence-electron chi connectivity index (χ2n) is 6.36. The van der Waals surface area contributed by atoms with Gasteiger partial charge in [-0.2, -0.15) is 0 Å². The Kier molecular flexibility index (Phi) is 4.02. The van der Waals surface area contributed by atoms with E-state index in [1.54, 1.807) is 6.92 Å². The van der Waals surface area contributed by atoms with Crippen LogP contribution >= 0.6 is 0 Å². The molecule has 0 fully saturated rings. The summed E-state index contributed by atoms with van der Waals surface area (Å²) >= 11 is 0. The summed E-state index contributed by atoms with van der Waals surface area (Å²) in [6, 6.07) is 26.3. The van der Waals surface area contributed by atoms with Crippen LogP contribution in [0.15, 0.2) is 91.0 Å². The summed E-state index contributed by atoms with van der Waals surface area (Å²) in [6.07, 6.45) is 0. The highest BCUT2D eigenvalue weighted by atomic mass is 16.5. The average molecular weight is 338 g/mol. The number of fused-ring (bicyclic) bond motifs is 5. The van der Waals surface area contributed by atoms with E-state index in [4.69, 9.17) is 4.74 Å². The zero-order valence-corrected chi connectivity index (χ0v) is 14.5. The molecule has 2 aliphatic rings. The third-order valence-corrected chi connectivity index (χ3v) is 4.48. The number of rotatable bonds is 2. The summed E-state index contributed by atoms with van der Waals surface area (Å²) in [6.45, 7) is 5.32. The van der Waals surface area contributed by atoms with Crippen molar-refractivity contribution >= 4 is 27.5 Å². The van der Waals surface area contributed by atoms with Crippen LogP contribution in [0.25, 0.3) is 32.7 Å². The van der Waals surface area contributed by atoms with Crippen LogP contribution in [0.2, 0.25) is 0 Å². The van der Waals surface area contributed by atoms with Crippen molar-refractivity contribution in [2.24, 2.45) is 0 Å². The van der Waals surface area contributed by atoms with Gasteiger partial charge in [0.05, 0.1) is 0 Å². The SMILES string of the molecule is C=C(C)C(=O)Oc1cccccc2c3cc4ccccccc4c-3cc12. The Morgan fingerprint density at radius 1 is 0.769 bits per heavy atom. The van der Waals surface area contributed by atoms with E-state index in [0.29, 0.717) is 11.3 Å². The first-order valence-corrected chi connectivity index (χ1v) is 8.53. The number of esters is 1. The lowest BCUT2D eigenvalue weighted by Crippen LogP contribution is -2.07. The molecule has 2 aromatic rings. The van der Waals surface area contributed by atoms with Crippen LogP contribution in [0, 0.1) is 0 Å². The van der Waals surface area contributed by atoms with E-state index < -0.39 is 5.97 Å². The summed E-state index contributed by atoms with van der Waals surface area (Å²) in [4.78, 5) is 12.1. The minimum absolute atomic E-state index is 0.379.